The van der Waals surface area contributed by atoms with Gasteiger partial charge in [0.15, 0.2) is 0 Å². The highest BCUT2D eigenvalue weighted by atomic mass is 79.9. The summed E-state index contributed by atoms with van der Waals surface area (Å²) in [6.45, 7) is 2.82. The summed E-state index contributed by atoms with van der Waals surface area (Å²) >= 11 is 3.41. The summed E-state index contributed by atoms with van der Waals surface area (Å²) < 4.78 is 16.6. The number of halogens is 1. The van der Waals surface area contributed by atoms with Crippen molar-refractivity contribution in [3.8, 4) is 5.75 Å². The molecule has 1 heterocycles. The largest absolute Gasteiger partial charge is 0.496 e. The van der Waals surface area contributed by atoms with E-state index in [0.29, 0.717) is 25.6 Å². The number of methoxy groups -OCH3 is 1. The van der Waals surface area contributed by atoms with Crippen LogP contribution in [0.15, 0.2) is 22.7 Å². The Morgan fingerprint density at radius 3 is 2.72 bits per heavy atom. The molecule has 0 aliphatic carbocycles. The van der Waals surface area contributed by atoms with Crippen LogP contribution in [0, 0.1) is 0 Å². The average Bonchev–Trinajstić information content (AvgIpc) is 2.28. The molecule has 0 spiro atoms. The number of esters is 1. The summed E-state index contributed by atoms with van der Waals surface area (Å²) in [5, 5.41) is 0. The lowest BCUT2D eigenvalue weighted by Crippen LogP contribution is -2.54. The van der Waals surface area contributed by atoms with E-state index in [9.17, 15) is 4.79 Å². The highest BCUT2D eigenvalue weighted by molar-refractivity contribution is 9.10. The van der Waals surface area contributed by atoms with Crippen molar-refractivity contribution in [2.75, 3.05) is 26.9 Å². The minimum Gasteiger partial charge on any atom is -0.496 e. The maximum atomic E-state index is 12.2. The van der Waals surface area contributed by atoms with E-state index >= 15 is 0 Å². The molecular weight excluding hydrogens is 300 g/mol. The van der Waals surface area contributed by atoms with Crippen LogP contribution in [0.1, 0.15) is 12.5 Å². The van der Waals surface area contributed by atoms with Crippen molar-refractivity contribution < 1.29 is 19.0 Å². The highest BCUT2D eigenvalue weighted by Gasteiger charge is 2.50. The topological polar surface area (TPSA) is 44.8 Å². The Kier molecular flexibility index (Phi) is 3.92. The Balaban J connectivity index is 2.44. The fourth-order valence-corrected chi connectivity index (χ4v) is 2.37. The lowest BCUT2D eigenvalue weighted by Gasteiger charge is -2.39. The van der Waals surface area contributed by atoms with Crippen LogP contribution in [-0.4, -0.2) is 32.9 Å². The third-order valence-electron chi connectivity index (χ3n) is 3.04. The van der Waals surface area contributed by atoms with Crippen molar-refractivity contribution in [1.29, 1.82) is 0 Å². The van der Waals surface area contributed by atoms with Crippen LogP contribution in [0.2, 0.25) is 0 Å². The molecule has 4 nitrogen and oxygen atoms in total. The number of rotatable bonds is 4. The predicted octanol–water partition coefficient (Wildman–Crippen LogP) is 2.29. The summed E-state index contributed by atoms with van der Waals surface area (Å²) in [4.78, 5) is 12.2. The van der Waals surface area contributed by atoms with Gasteiger partial charge >= 0.3 is 5.97 Å². The number of benzene rings is 1. The summed E-state index contributed by atoms with van der Waals surface area (Å²) in [7, 11) is 1.59. The van der Waals surface area contributed by atoms with Gasteiger partial charge in [-0.1, -0.05) is 15.9 Å². The van der Waals surface area contributed by atoms with E-state index < -0.39 is 5.41 Å². The fourth-order valence-electron chi connectivity index (χ4n) is 2.01. The van der Waals surface area contributed by atoms with E-state index in [1.54, 1.807) is 14.0 Å². The standard InChI is InChI=1S/C13H15BrO4/c1-3-18-12(15)13(7-17-8-13)10-6-9(14)4-5-11(10)16-2/h4-6H,3,7-8H2,1-2H3. The predicted molar refractivity (Wildman–Crippen MR) is 69.8 cm³/mol. The molecule has 0 saturated carbocycles. The van der Waals surface area contributed by atoms with Crippen molar-refractivity contribution in [2.24, 2.45) is 0 Å². The lowest BCUT2D eigenvalue weighted by atomic mass is 9.78. The normalized spacial score (nSPS) is 16.8. The summed E-state index contributed by atoms with van der Waals surface area (Å²) in [5.41, 5.74) is 0.0783. The smallest absolute Gasteiger partial charge is 0.321 e. The quantitative estimate of drug-likeness (QED) is 0.800. The summed E-state index contributed by atoms with van der Waals surface area (Å²) in [6, 6.07) is 5.59. The Morgan fingerprint density at radius 2 is 2.22 bits per heavy atom. The van der Waals surface area contributed by atoms with Crippen molar-refractivity contribution in [3.63, 3.8) is 0 Å². The number of ether oxygens (including phenoxy) is 3. The summed E-state index contributed by atoms with van der Waals surface area (Å²) in [5.74, 6) is 0.419. The van der Waals surface area contributed by atoms with E-state index in [4.69, 9.17) is 14.2 Å². The van der Waals surface area contributed by atoms with Crippen LogP contribution in [0.3, 0.4) is 0 Å². The number of hydrogen-bond donors (Lipinski definition) is 0. The first-order valence-electron chi connectivity index (χ1n) is 5.73. The van der Waals surface area contributed by atoms with Gasteiger partial charge < -0.3 is 14.2 Å². The number of hydrogen-bond acceptors (Lipinski definition) is 4. The minimum atomic E-state index is -0.731. The monoisotopic (exact) mass is 314 g/mol. The first-order chi connectivity index (χ1) is 8.64. The van der Waals surface area contributed by atoms with E-state index in [0.717, 1.165) is 10.0 Å². The SMILES string of the molecule is CCOC(=O)C1(c2cc(Br)ccc2OC)COC1. The zero-order valence-electron chi connectivity index (χ0n) is 10.4. The lowest BCUT2D eigenvalue weighted by molar-refractivity contribution is -0.169. The molecule has 0 atom stereocenters. The Hall–Kier alpha value is -1.07. The zero-order chi connectivity index (χ0) is 13.2. The van der Waals surface area contributed by atoms with Gasteiger partial charge in [-0.2, -0.15) is 0 Å². The molecule has 98 valence electrons. The van der Waals surface area contributed by atoms with Gasteiger partial charge in [0.2, 0.25) is 0 Å². The molecule has 1 aromatic carbocycles. The molecule has 0 unspecified atom stereocenters. The summed E-state index contributed by atoms with van der Waals surface area (Å²) in [6.07, 6.45) is 0. The van der Waals surface area contributed by atoms with Crippen molar-refractivity contribution >= 4 is 21.9 Å². The second kappa shape index (κ2) is 5.28. The second-order valence-electron chi connectivity index (χ2n) is 4.14. The first-order valence-corrected chi connectivity index (χ1v) is 6.52. The van der Waals surface area contributed by atoms with Gasteiger partial charge in [0.25, 0.3) is 0 Å². The maximum Gasteiger partial charge on any atom is 0.321 e. The van der Waals surface area contributed by atoms with E-state index in [2.05, 4.69) is 15.9 Å². The molecule has 0 amide bonds. The van der Waals surface area contributed by atoms with Gasteiger partial charge in [-0.15, -0.1) is 0 Å². The first kappa shape index (κ1) is 13.4. The van der Waals surface area contributed by atoms with Crippen LogP contribution in [0.5, 0.6) is 5.75 Å². The van der Waals surface area contributed by atoms with Crippen LogP contribution in [0.4, 0.5) is 0 Å². The highest BCUT2D eigenvalue weighted by Crippen LogP contribution is 2.40. The second-order valence-corrected chi connectivity index (χ2v) is 5.06. The van der Waals surface area contributed by atoms with Crippen LogP contribution in [0.25, 0.3) is 0 Å². The molecule has 0 radical (unpaired) electrons. The number of carbonyl (C=O) groups excluding carboxylic acids is 1. The fraction of sp³-hybridized carbons (Fsp3) is 0.462. The van der Waals surface area contributed by atoms with E-state index in [-0.39, 0.29) is 5.97 Å². The Labute approximate surface area is 114 Å². The van der Waals surface area contributed by atoms with Crippen molar-refractivity contribution in [2.45, 2.75) is 12.3 Å². The van der Waals surface area contributed by atoms with Gasteiger partial charge in [0, 0.05) is 10.0 Å². The van der Waals surface area contributed by atoms with Crippen LogP contribution >= 0.6 is 15.9 Å². The molecule has 1 aliphatic rings. The average molecular weight is 315 g/mol. The molecule has 1 aromatic rings. The molecule has 1 fully saturated rings. The Bertz CT molecular complexity index is 454. The van der Waals surface area contributed by atoms with Crippen LogP contribution in [-0.2, 0) is 19.7 Å². The third kappa shape index (κ3) is 2.12. The van der Waals surface area contributed by atoms with Gasteiger partial charge in [0.05, 0.1) is 26.9 Å². The molecular formula is C13H15BrO4. The molecule has 18 heavy (non-hydrogen) atoms. The molecule has 0 aromatic heterocycles. The molecule has 2 rings (SSSR count). The zero-order valence-corrected chi connectivity index (χ0v) is 12.0. The molecule has 1 saturated heterocycles. The van der Waals surface area contributed by atoms with Gasteiger partial charge in [-0.25, -0.2) is 0 Å². The van der Waals surface area contributed by atoms with E-state index in [1.165, 1.54) is 0 Å². The third-order valence-corrected chi connectivity index (χ3v) is 3.53. The molecule has 5 heteroatoms. The van der Waals surface area contributed by atoms with Crippen LogP contribution < -0.4 is 4.74 Å². The van der Waals surface area contributed by atoms with Gasteiger partial charge in [0.1, 0.15) is 11.2 Å². The van der Waals surface area contributed by atoms with E-state index in [1.807, 2.05) is 18.2 Å². The van der Waals surface area contributed by atoms with Gasteiger partial charge in [-0.3, -0.25) is 4.79 Å². The van der Waals surface area contributed by atoms with Gasteiger partial charge in [-0.05, 0) is 25.1 Å². The maximum absolute atomic E-state index is 12.2. The Morgan fingerprint density at radius 1 is 1.50 bits per heavy atom. The molecule has 0 bridgehead atoms. The molecule has 0 N–H and O–H groups in total. The van der Waals surface area contributed by atoms with Crippen molar-refractivity contribution in [3.05, 3.63) is 28.2 Å². The molecule has 1 aliphatic heterocycles. The minimum absolute atomic E-state index is 0.257. The number of carbonyl (C=O) groups is 1. The van der Waals surface area contributed by atoms with Crippen molar-refractivity contribution in [1.82, 2.24) is 0 Å².